The number of nitrogens with zero attached hydrogens (tertiary/aromatic N) is 4. The standard InChI is InChI=1S/C28H31F2N5O3S/c29-21-7-8-24(23(30)12-21)38-16-17-2-1-11-35(15-17)28(39(36)37)19-5-3-18(4-6-19)26-25-20(14-33-34-26)13-32-27-22(25)9-10-31-27/h7-10,12-14,17-19,28,34H,1-6,11,15-16H2,(H,36,37)/p-1. The maximum absolute atomic E-state index is 14.0. The van der Waals surface area contributed by atoms with Crippen molar-refractivity contribution in [1.29, 1.82) is 0 Å². The highest BCUT2D eigenvalue weighted by Crippen LogP contribution is 2.41. The first-order chi connectivity index (χ1) is 19.0. The van der Waals surface area contributed by atoms with Crippen molar-refractivity contribution in [3.63, 3.8) is 0 Å². The molecule has 1 aliphatic heterocycles. The first-order valence-electron chi connectivity index (χ1n) is 13.4. The number of piperidine rings is 1. The van der Waals surface area contributed by atoms with Crippen molar-refractivity contribution in [2.24, 2.45) is 11.8 Å². The van der Waals surface area contributed by atoms with E-state index in [2.05, 4.69) is 25.1 Å². The average molecular weight is 555 g/mol. The molecule has 206 valence electrons. The van der Waals surface area contributed by atoms with Crippen LogP contribution in [-0.4, -0.2) is 58.9 Å². The highest BCUT2D eigenvalue weighted by atomic mass is 32.2. The van der Waals surface area contributed by atoms with Crippen LogP contribution in [-0.2, 0) is 11.1 Å². The molecule has 0 radical (unpaired) electrons. The van der Waals surface area contributed by atoms with Gasteiger partial charge in [-0.2, -0.15) is 5.10 Å². The van der Waals surface area contributed by atoms with Crippen LogP contribution in [0.25, 0.3) is 21.8 Å². The molecule has 2 aliphatic rings. The normalized spacial score (nSPS) is 24.1. The van der Waals surface area contributed by atoms with Crippen LogP contribution < -0.4 is 4.74 Å². The average Bonchev–Trinajstić information content (AvgIpc) is 3.42. The third kappa shape index (κ3) is 5.39. The second-order valence-corrected chi connectivity index (χ2v) is 11.7. The Kier molecular flexibility index (Phi) is 7.55. The lowest BCUT2D eigenvalue weighted by Crippen LogP contribution is -2.50. The minimum absolute atomic E-state index is 0.0149. The van der Waals surface area contributed by atoms with Gasteiger partial charge >= 0.3 is 0 Å². The van der Waals surface area contributed by atoms with Crippen LogP contribution in [0.3, 0.4) is 0 Å². The molecule has 3 atom stereocenters. The molecular weight excluding hydrogens is 524 g/mol. The molecule has 1 N–H and O–H groups in total. The second-order valence-electron chi connectivity index (χ2n) is 10.7. The molecule has 0 amide bonds. The zero-order valence-corrected chi connectivity index (χ0v) is 22.2. The van der Waals surface area contributed by atoms with Gasteiger partial charge in [-0.1, -0.05) is 0 Å². The van der Waals surface area contributed by atoms with Crippen LogP contribution in [0.5, 0.6) is 5.75 Å². The summed E-state index contributed by atoms with van der Waals surface area (Å²) < 4.78 is 57.9. The number of nitrogens with one attached hydrogen (secondary N) is 1. The van der Waals surface area contributed by atoms with Gasteiger partial charge in [0.05, 0.1) is 18.2 Å². The molecule has 3 aromatic heterocycles. The number of aromatic amines is 1. The first-order valence-corrected chi connectivity index (χ1v) is 14.6. The number of rotatable bonds is 7. The Bertz CT molecular complexity index is 1490. The topological polar surface area (TPSA) is 107 Å². The number of ether oxygens (including phenoxy) is 1. The van der Waals surface area contributed by atoms with E-state index in [1.165, 1.54) is 12.1 Å². The van der Waals surface area contributed by atoms with Crippen LogP contribution in [0.2, 0.25) is 0 Å². The molecule has 1 aliphatic carbocycles. The van der Waals surface area contributed by atoms with Crippen LogP contribution >= 0.6 is 0 Å². The Balaban J connectivity index is 1.13. The summed E-state index contributed by atoms with van der Waals surface area (Å²) >= 11 is -2.25. The minimum atomic E-state index is -2.25. The molecule has 0 spiro atoms. The maximum Gasteiger partial charge on any atom is 0.167 e. The van der Waals surface area contributed by atoms with Crippen LogP contribution in [0.15, 0.2) is 42.9 Å². The van der Waals surface area contributed by atoms with E-state index in [1.807, 2.05) is 6.07 Å². The molecule has 8 nitrogen and oxygen atoms in total. The smallest absolute Gasteiger partial charge is 0.167 e. The third-order valence-electron chi connectivity index (χ3n) is 8.28. The van der Waals surface area contributed by atoms with Crippen molar-refractivity contribution >= 4 is 32.9 Å². The number of H-pyrrole nitrogens is 1. The van der Waals surface area contributed by atoms with Gasteiger partial charge in [0.15, 0.2) is 17.2 Å². The van der Waals surface area contributed by atoms with Gasteiger partial charge in [-0.25, -0.2) is 18.7 Å². The van der Waals surface area contributed by atoms with E-state index in [0.29, 0.717) is 18.7 Å². The number of pyridine rings is 1. The van der Waals surface area contributed by atoms with E-state index < -0.39 is 28.1 Å². The summed E-state index contributed by atoms with van der Waals surface area (Å²) in [5, 5.41) is 10.1. The Morgan fingerprint density at radius 1 is 1.13 bits per heavy atom. The summed E-state index contributed by atoms with van der Waals surface area (Å²) in [5.41, 5.74) is 1.78. The van der Waals surface area contributed by atoms with E-state index in [-0.39, 0.29) is 30.1 Å². The Morgan fingerprint density at radius 2 is 1.97 bits per heavy atom. The van der Waals surface area contributed by atoms with Crippen LogP contribution in [0, 0.1) is 23.5 Å². The van der Waals surface area contributed by atoms with Crippen molar-refractivity contribution in [2.75, 3.05) is 19.7 Å². The third-order valence-corrected chi connectivity index (χ3v) is 9.36. The molecule has 1 aromatic carbocycles. The predicted molar refractivity (Wildman–Crippen MR) is 143 cm³/mol. The molecule has 1 saturated carbocycles. The van der Waals surface area contributed by atoms with Gasteiger partial charge in [-0.05, 0) is 80.3 Å². The van der Waals surface area contributed by atoms with Gasteiger partial charge in [0, 0.05) is 58.7 Å². The fourth-order valence-electron chi connectivity index (χ4n) is 6.43. The predicted octanol–water partition coefficient (Wildman–Crippen LogP) is 5.05. The molecule has 11 heteroatoms. The summed E-state index contributed by atoms with van der Waals surface area (Å²) in [4.78, 5) is 10.8. The number of hydrogen-bond donors (Lipinski definition) is 1. The molecular formula is C28H30F2N5O3S-. The quantitative estimate of drug-likeness (QED) is 0.319. The second kappa shape index (κ2) is 11.2. The van der Waals surface area contributed by atoms with Gasteiger partial charge in [-0.3, -0.25) is 14.2 Å². The first kappa shape index (κ1) is 26.2. The summed E-state index contributed by atoms with van der Waals surface area (Å²) in [6.45, 7) is 1.53. The Labute approximate surface area is 227 Å². The molecule has 39 heavy (non-hydrogen) atoms. The summed E-state index contributed by atoms with van der Waals surface area (Å²) in [6.07, 6.45) is 10.4. The van der Waals surface area contributed by atoms with Crippen molar-refractivity contribution in [3.8, 4) is 5.75 Å². The fourth-order valence-corrected chi connectivity index (χ4v) is 7.45. The minimum Gasteiger partial charge on any atom is -0.771 e. The molecule has 1 saturated heterocycles. The number of likely N-dealkylation sites (tertiary alicyclic amines) is 1. The van der Waals surface area contributed by atoms with E-state index in [0.717, 1.165) is 66.4 Å². The molecule has 0 bridgehead atoms. The Morgan fingerprint density at radius 3 is 2.77 bits per heavy atom. The van der Waals surface area contributed by atoms with E-state index in [4.69, 9.17) is 4.74 Å². The highest BCUT2D eigenvalue weighted by Gasteiger charge is 2.36. The van der Waals surface area contributed by atoms with Crippen LogP contribution in [0.4, 0.5) is 8.78 Å². The SMILES string of the molecule is O=S([O-])C(C1CCC(c2[nH]ncc3cnc4nccc4c23)CC1)N1CCCC(COc2ccc(F)cc2F)C1. The van der Waals surface area contributed by atoms with Gasteiger partial charge in [0.2, 0.25) is 0 Å². The number of fused-ring (bicyclic) bond motifs is 3. The lowest BCUT2D eigenvalue weighted by molar-refractivity contribution is 0.0864. The van der Waals surface area contributed by atoms with Gasteiger partial charge in [-0.15, -0.1) is 0 Å². The largest absolute Gasteiger partial charge is 0.771 e. The van der Waals surface area contributed by atoms with Crippen LogP contribution in [0.1, 0.15) is 50.1 Å². The highest BCUT2D eigenvalue weighted by molar-refractivity contribution is 7.79. The van der Waals surface area contributed by atoms with E-state index in [1.54, 1.807) is 18.6 Å². The zero-order valence-electron chi connectivity index (χ0n) is 21.4. The number of aromatic nitrogens is 4. The molecule has 4 aromatic rings. The van der Waals surface area contributed by atoms with E-state index >= 15 is 0 Å². The number of hydrogen-bond acceptors (Lipinski definition) is 7. The monoisotopic (exact) mass is 554 g/mol. The van der Waals surface area contributed by atoms with Crippen molar-refractivity contribution in [2.45, 2.75) is 49.8 Å². The molecule has 2 fully saturated rings. The maximum atomic E-state index is 14.0. The molecule has 4 heterocycles. The fraction of sp³-hybridized carbons (Fsp3) is 0.464. The zero-order chi connectivity index (χ0) is 26.9. The summed E-state index contributed by atoms with van der Waals surface area (Å²) in [7, 11) is 0. The van der Waals surface area contributed by atoms with Crippen molar-refractivity contribution in [3.05, 3.63) is 60.2 Å². The Hall–Kier alpha value is -3.02. The lowest BCUT2D eigenvalue weighted by atomic mass is 9.78. The lowest BCUT2D eigenvalue weighted by Gasteiger charge is -2.44. The summed E-state index contributed by atoms with van der Waals surface area (Å²) in [5.74, 6) is -1.03. The van der Waals surface area contributed by atoms with Crippen molar-refractivity contribution in [1.82, 2.24) is 25.1 Å². The van der Waals surface area contributed by atoms with Gasteiger partial charge in [0.25, 0.3) is 0 Å². The molecule has 3 unspecified atom stereocenters. The number of benzene rings is 1. The van der Waals surface area contributed by atoms with Crippen molar-refractivity contribution < 1.29 is 22.3 Å². The molecule has 6 rings (SSSR count). The van der Waals surface area contributed by atoms with E-state index in [9.17, 15) is 17.5 Å². The van der Waals surface area contributed by atoms with Gasteiger partial charge in [0.1, 0.15) is 5.82 Å². The summed E-state index contributed by atoms with van der Waals surface area (Å²) in [6, 6.07) is 5.24. The van der Waals surface area contributed by atoms with Gasteiger partial charge < -0.3 is 9.29 Å². The number of halogens is 2.